The van der Waals surface area contributed by atoms with Gasteiger partial charge < -0.3 is 15.8 Å². The van der Waals surface area contributed by atoms with Crippen molar-refractivity contribution in [2.45, 2.75) is 19.4 Å². The molecule has 0 aliphatic heterocycles. The smallest absolute Gasteiger partial charge is 0.120 e. The summed E-state index contributed by atoms with van der Waals surface area (Å²) in [5, 5.41) is 4.03. The van der Waals surface area contributed by atoms with Gasteiger partial charge in [-0.05, 0) is 37.6 Å². The van der Waals surface area contributed by atoms with Crippen molar-refractivity contribution in [1.29, 1.82) is 0 Å². The quantitative estimate of drug-likeness (QED) is 0.749. The van der Waals surface area contributed by atoms with Gasteiger partial charge in [-0.25, -0.2) is 0 Å². The summed E-state index contributed by atoms with van der Waals surface area (Å²) in [5.74, 6) is 0.789. The Hall–Kier alpha value is -0.770. The molecule has 0 heterocycles. The highest BCUT2D eigenvalue weighted by atomic mass is 35.5. The highest BCUT2D eigenvalue weighted by molar-refractivity contribution is 6.31. The standard InChI is InChI=1S/C12H19ClN2O/c1-9(14)8-15-6-5-10-3-4-11(16-2)7-12(10)13/h3-4,7,9,15H,5-6,8,14H2,1-2H3. The van der Waals surface area contributed by atoms with Crippen LogP contribution in [0.3, 0.4) is 0 Å². The first kappa shape index (κ1) is 13.3. The zero-order valence-corrected chi connectivity index (χ0v) is 10.6. The Labute approximate surface area is 102 Å². The third-order valence-electron chi connectivity index (χ3n) is 2.30. The molecule has 0 radical (unpaired) electrons. The second-order valence-electron chi connectivity index (χ2n) is 3.89. The molecule has 0 bridgehead atoms. The van der Waals surface area contributed by atoms with Crippen LogP contribution in [0.1, 0.15) is 12.5 Å². The van der Waals surface area contributed by atoms with Crippen molar-refractivity contribution in [1.82, 2.24) is 5.32 Å². The number of methoxy groups -OCH3 is 1. The topological polar surface area (TPSA) is 47.3 Å². The van der Waals surface area contributed by atoms with Crippen molar-refractivity contribution >= 4 is 11.6 Å². The molecular formula is C12H19ClN2O. The Balaban J connectivity index is 2.42. The minimum Gasteiger partial charge on any atom is -0.497 e. The highest BCUT2D eigenvalue weighted by Crippen LogP contribution is 2.22. The molecule has 0 amide bonds. The summed E-state index contributed by atoms with van der Waals surface area (Å²) in [6, 6.07) is 5.94. The number of nitrogens with two attached hydrogens (primary N) is 1. The van der Waals surface area contributed by atoms with E-state index < -0.39 is 0 Å². The van der Waals surface area contributed by atoms with Crippen LogP contribution in [0, 0.1) is 0 Å². The Kier molecular flexibility index (Phi) is 5.60. The van der Waals surface area contributed by atoms with E-state index in [4.69, 9.17) is 22.1 Å². The lowest BCUT2D eigenvalue weighted by atomic mass is 10.1. The van der Waals surface area contributed by atoms with E-state index in [1.54, 1.807) is 7.11 Å². The van der Waals surface area contributed by atoms with Gasteiger partial charge in [-0.15, -0.1) is 0 Å². The van der Waals surface area contributed by atoms with Crippen molar-refractivity contribution in [2.75, 3.05) is 20.2 Å². The molecule has 0 saturated heterocycles. The number of hydrogen-bond donors (Lipinski definition) is 2. The molecular weight excluding hydrogens is 224 g/mol. The number of nitrogens with one attached hydrogen (secondary N) is 1. The summed E-state index contributed by atoms with van der Waals surface area (Å²) < 4.78 is 5.09. The molecule has 1 aromatic carbocycles. The first-order valence-corrected chi connectivity index (χ1v) is 5.80. The van der Waals surface area contributed by atoms with Gasteiger partial charge in [-0.1, -0.05) is 17.7 Å². The largest absolute Gasteiger partial charge is 0.497 e. The molecule has 1 aromatic rings. The zero-order valence-electron chi connectivity index (χ0n) is 9.79. The van der Waals surface area contributed by atoms with Gasteiger partial charge in [0, 0.05) is 17.6 Å². The van der Waals surface area contributed by atoms with E-state index in [-0.39, 0.29) is 6.04 Å². The molecule has 90 valence electrons. The van der Waals surface area contributed by atoms with E-state index >= 15 is 0 Å². The average molecular weight is 243 g/mol. The van der Waals surface area contributed by atoms with Crippen LogP contribution < -0.4 is 15.8 Å². The third-order valence-corrected chi connectivity index (χ3v) is 2.65. The molecule has 0 saturated carbocycles. The summed E-state index contributed by atoms with van der Waals surface area (Å²) >= 11 is 6.12. The van der Waals surface area contributed by atoms with Gasteiger partial charge in [0.15, 0.2) is 0 Å². The van der Waals surface area contributed by atoms with Gasteiger partial charge in [0.25, 0.3) is 0 Å². The van der Waals surface area contributed by atoms with Crippen LogP contribution in [-0.4, -0.2) is 26.2 Å². The molecule has 3 N–H and O–H groups in total. The van der Waals surface area contributed by atoms with Crippen LogP contribution in [-0.2, 0) is 6.42 Å². The van der Waals surface area contributed by atoms with Gasteiger partial charge in [0.1, 0.15) is 5.75 Å². The van der Waals surface area contributed by atoms with Crippen LogP contribution in [0.5, 0.6) is 5.75 Å². The molecule has 4 heteroatoms. The van der Waals surface area contributed by atoms with Crippen LogP contribution in [0.4, 0.5) is 0 Å². The summed E-state index contributed by atoms with van der Waals surface area (Å²) in [5.41, 5.74) is 6.76. The van der Waals surface area contributed by atoms with Crippen LogP contribution in [0.25, 0.3) is 0 Å². The van der Waals surface area contributed by atoms with E-state index in [2.05, 4.69) is 5.32 Å². The Bertz CT molecular complexity index is 329. The van der Waals surface area contributed by atoms with Crippen LogP contribution >= 0.6 is 11.6 Å². The van der Waals surface area contributed by atoms with Gasteiger partial charge >= 0.3 is 0 Å². The van der Waals surface area contributed by atoms with E-state index in [1.807, 2.05) is 25.1 Å². The summed E-state index contributed by atoms with van der Waals surface area (Å²) in [7, 11) is 1.63. The molecule has 16 heavy (non-hydrogen) atoms. The van der Waals surface area contributed by atoms with E-state index in [0.717, 1.165) is 35.8 Å². The van der Waals surface area contributed by atoms with Gasteiger partial charge in [-0.2, -0.15) is 0 Å². The predicted octanol–water partition coefficient (Wildman–Crippen LogP) is 1.83. The normalized spacial score (nSPS) is 12.5. The van der Waals surface area contributed by atoms with Crippen LogP contribution in [0.15, 0.2) is 18.2 Å². The minimum atomic E-state index is 0.186. The van der Waals surface area contributed by atoms with Gasteiger partial charge in [0.2, 0.25) is 0 Å². The number of rotatable bonds is 6. The molecule has 3 nitrogen and oxygen atoms in total. The maximum atomic E-state index is 6.12. The molecule has 0 aliphatic rings. The van der Waals surface area contributed by atoms with E-state index in [0.29, 0.717) is 0 Å². The summed E-state index contributed by atoms with van der Waals surface area (Å²) in [6.45, 7) is 3.69. The fourth-order valence-electron chi connectivity index (χ4n) is 1.41. The van der Waals surface area contributed by atoms with Gasteiger partial charge in [0.05, 0.1) is 7.11 Å². The molecule has 0 fully saturated rings. The number of halogens is 1. The molecule has 0 aliphatic carbocycles. The zero-order chi connectivity index (χ0) is 12.0. The molecule has 1 rings (SSSR count). The molecule has 1 atom stereocenters. The lowest BCUT2D eigenvalue weighted by molar-refractivity contribution is 0.414. The summed E-state index contributed by atoms with van der Waals surface area (Å²) in [4.78, 5) is 0. The molecule has 1 unspecified atom stereocenters. The van der Waals surface area contributed by atoms with Gasteiger partial charge in [-0.3, -0.25) is 0 Å². The Morgan fingerprint density at radius 2 is 2.25 bits per heavy atom. The fourth-order valence-corrected chi connectivity index (χ4v) is 1.68. The first-order valence-electron chi connectivity index (χ1n) is 5.42. The predicted molar refractivity (Wildman–Crippen MR) is 68.2 cm³/mol. The number of ether oxygens (including phenoxy) is 1. The van der Waals surface area contributed by atoms with Crippen molar-refractivity contribution < 1.29 is 4.74 Å². The molecule has 0 spiro atoms. The maximum absolute atomic E-state index is 6.12. The first-order chi connectivity index (χ1) is 7.63. The fraction of sp³-hybridized carbons (Fsp3) is 0.500. The monoisotopic (exact) mass is 242 g/mol. The number of hydrogen-bond acceptors (Lipinski definition) is 3. The third kappa shape index (κ3) is 4.39. The Morgan fingerprint density at radius 3 is 2.81 bits per heavy atom. The second-order valence-corrected chi connectivity index (χ2v) is 4.30. The average Bonchev–Trinajstić information content (AvgIpc) is 2.25. The highest BCUT2D eigenvalue weighted by Gasteiger charge is 2.02. The van der Waals surface area contributed by atoms with Crippen molar-refractivity contribution in [3.63, 3.8) is 0 Å². The van der Waals surface area contributed by atoms with Crippen molar-refractivity contribution in [2.24, 2.45) is 5.73 Å². The Morgan fingerprint density at radius 1 is 1.50 bits per heavy atom. The van der Waals surface area contributed by atoms with Crippen molar-refractivity contribution in [3.05, 3.63) is 28.8 Å². The molecule has 0 aromatic heterocycles. The second kappa shape index (κ2) is 6.74. The number of benzene rings is 1. The summed E-state index contributed by atoms with van der Waals surface area (Å²) in [6.07, 6.45) is 0.898. The maximum Gasteiger partial charge on any atom is 0.120 e. The van der Waals surface area contributed by atoms with Crippen LogP contribution in [0.2, 0.25) is 5.02 Å². The van der Waals surface area contributed by atoms with E-state index in [9.17, 15) is 0 Å². The van der Waals surface area contributed by atoms with Crippen molar-refractivity contribution in [3.8, 4) is 5.75 Å². The van der Waals surface area contributed by atoms with E-state index in [1.165, 1.54) is 0 Å². The minimum absolute atomic E-state index is 0.186. The lowest BCUT2D eigenvalue weighted by Gasteiger charge is -2.09. The lowest BCUT2D eigenvalue weighted by Crippen LogP contribution is -2.32. The SMILES string of the molecule is COc1ccc(CCNCC(C)N)c(Cl)c1.